The second-order valence-corrected chi connectivity index (χ2v) is 8.41. The smallest absolute Gasteiger partial charge is 0.232 e. The molecule has 3 heterocycles. The Kier molecular flexibility index (Phi) is 6.56. The first-order chi connectivity index (χ1) is 15.1. The van der Waals surface area contributed by atoms with Gasteiger partial charge < -0.3 is 25.0 Å². The molecule has 8 heteroatoms. The minimum absolute atomic E-state index is 0.0173. The predicted octanol–water partition coefficient (Wildman–Crippen LogP) is 2.86. The molecular weight excluding hydrogens is 394 g/mol. The maximum absolute atomic E-state index is 12.7. The Labute approximate surface area is 183 Å². The lowest BCUT2D eigenvalue weighted by Crippen LogP contribution is -2.42. The minimum Gasteiger partial charge on any atom is -0.490 e. The van der Waals surface area contributed by atoms with Crippen LogP contribution in [0.1, 0.15) is 33.1 Å². The van der Waals surface area contributed by atoms with Crippen molar-refractivity contribution in [2.45, 2.75) is 39.2 Å². The Balaban J connectivity index is 1.42. The van der Waals surface area contributed by atoms with Crippen LogP contribution in [0.4, 0.5) is 11.6 Å². The largest absolute Gasteiger partial charge is 0.490 e. The van der Waals surface area contributed by atoms with Crippen molar-refractivity contribution in [1.29, 1.82) is 0 Å². The van der Waals surface area contributed by atoms with Crippen molar-refractivity contribution >= 4 is 17.5 Å². The summed E-state index contributed by atoms with van der Waals surface area (Å²) in [7, 11) is 0. The van der Waals surface area contributed by atoms with Gasteiger partial charge in [-0.05, 0) is 51.8 Å². The molecule has 2 fully saturated rings. The minimum atomic E-state index is -0.407. The van der Waals surface area contributed by atoms with Gasteiger partial charge in [0.25, 0.3) is 0 Å². The van der Waals surface area contributed by atoms with Gasteiger partial charge in [-0.2, -0.15) is 0 Å². The average Bonchev–Trinajstić information content (AvgIpc) is 3.24. The van der Waals surface area contributed by atoms with E-state index < -0.39 is 5.41 Å². The van der Waals surface area contributed by atoms with Crippen LogP contribution >= 0.6 is 0 Å². The molecule has 2 unspecified atom stereocenters. The molecule has 4 rings (SSSR count). The van der Waals surface area contributed by atoms with Crippen LogP contribution in [0.3, 0.4) is 0 Å². The summed E-state index contributed by atoms with van der Waals surface area (Å²) < 4.78 is 12.0. The number of carbonyl (C=O) groups excluding carboxylic acids is 1. The molecule has 2 atom stereocenters. The van der Waals surface area contributed by atoms with Crippen LogP contribution in [-0.4, -0.2) is 54.8 Å². The van der Waals surface area contributed by atoms with E-state index in [-0.39, 0.29) is 12.0 Å². The molecule has 2 aliphatic heterocycles. The molecule has 2 saturated heterocycles. The third-order valence-electron chi connectivity index (χ3n) is 5.93. The van der Waals surface area contributed by atoms with Crippen LogP contribution in [0.15, 0.2) is 36.7 Å². The summed E-state index contributed by atoms with van der Waals surface area (Å²) in [6.07, 6.45) is 6.14. The van der Waals surface area contributed by atoms with E-state index >= 15 is 0 Å². The van der Waals surface area contributed by atoms with Gasteiger partial charge in [0, 0.05) is 13.1 Å². The Morgan fingerprint density at radius 3 is 2.94 bits per heavy atom. The number of amides is 1. The number of aromatic nitrogens is 2. The molecule has 0 bridgehead atoms. The van der Waals surface area contributed by atoms with Crippen molar-refractivity contribution in [2.24, 2.45) is 5.41 Å². The maximum atomic E-state index is 12.7. The predicted molar refractivity (Wildman–Crippen MR) is 120 cm³/mol. The summed E-state index contributed by atoms with van der Waals surface area (Å²) in [5, 5.41) is 6.20. The van der Waals surface area contributed by atoms with Crippen LogP contribution < -0.4 is 25.0 Å². The number of hydrogen-bond acceptors (Lipinski definition) is 7. The Hall–Kier alpha value is -2.87. The van der Waals surface area contributed by atoms with Gasteiger partial charge in [0.2, 0.25) is 5.91 Å². The van der Waals surface area contributed by atoms with E-state index in [4.69, 9.17) is 9.47 Å². The second kappa shape index (κ2) is 9.51. The van der Waals surface area contributed by atoms with Crippen molar-refractivity contribution in [1.82, 2.24) is 15.3 Å². The molecule has 2 N–H and O–H groups in total. The van der Waals surface area contributed by atoms with E-state index in [1.54, 1.807) is 12.4 Å². The van der Waals surface area contributed by atoms with E-state index in [0.717, 1.165) is 49.7 Å². The standard InChI is InChI=1S/C23H31N5O3/c1-3-30-18-8-4-5-9-19(18)31-17-7-6-12-28(15-17)21-14-25-13-20(26-21)27-22(29)23(2)10-11-24-16-23/h4-5,8-9,13-14,17,24H,3,6-7,10-12,15-16H2,1-2H3,(H,26,27,29). The number of nitrogens with one attached hydrogen (secondary N) is 2. The lowest BCUT2D eigenvalue weighted by atomic mass is 9.89. The first-order valence-corrected chi connectivity index (χ1v) is 11.0. The van der Waals surface area contributed by atoms with Crippen LogP contribution in [-0.2, 0) is 4.79 Å². The summed E-state index contributed by atoms with van der Waals surface area (Å²) in [6.45, 7) is 7.66. The Bertz CT molecular complexity index is 900. The summed E-state index contributed by atoms with van der Waals surface area (Å²) in [6, 6.07) is 7.77. The fourth-order valence-electron chi connectivity index (χ4n) is 4.09. The molecule has 31 heavy (non-hydrogen) atoms. The Morgan fingerprint density at radius 2 is 2.16 bits per heavy atom. The number of ether oxygens (including phenoxy) is 2. The number of carbonyl (C=O) groups is 1. The molecule has 1 aromatic heterocycles. The molecule has 2 aliphatic rings. The normalized spacial score (nSPS) is 23.4. The lowest BCUT2D eigenvalue weighted by molar-refractivity contribution is -0.123. The number of rotatable bonds is 7. The third-order valence-corrected chi connectivity index (χ3v) is 5.93. The van der Waals surface area contributed by atoms with Gasteiger partial charge in [-0.1, -0.05) is 12.1 Å². The van der Waals surface area contributed by atoms with E-state index in [1.807, 2.05) is 38.1 Å². The van der Waals surface area contributed by atoms with Gasteiger partial charge >= 0.3 is 0 Å². The maximum Gasteiger partial charge on any atom is 0.232 e. The molecule has 1 aromatic carbocycles. The monoisotopic (exact) mass is 425 g/mol. The highest BCUT2D eigenvalue weighted by Crippen LogP contribution is 2.30. The van der Waals surface area contributed by atoms with Crippen molar-refractivity contribution < 1.29 is 14.3 Å². The highest BCUT2D eigenvalue weighted by Gasteiger charge is 2.36. The van der Waals surface area contributed by atoms with Gasteiger partial charge in [0.15, 0.2) is 17.3 Å². The number of anilines is 2. The van der Waals surface area contributed by atoms with E-state index in [1.165, 1.54) is 0 Å². The summed E-state index contributed by atoms with van der Waals surface area (Å²) >= 11 is 0. The van der Waals surface area contributed by atoms with E-state index in [2.05, 4.69) is 25.5 Å². The first kappa shape index (κ1) is 21.4. The van der Waals surface area contributed by atoms with E-state index in [0.29, 0.717) is 25.5 Å². The quantitative estimate of drug-likeness (QED) is 0.705. The zero-order chi connectivity index (χ0) is 21.7. The number of nitrogens with zero attached hydrogens (tertiary/aromatic N) is 3. The van der Waals surface area contributed by atoms with Crippen molar-refractivity contribution in [3.05, 3.63) is 36.7 Å². The number of hydrogen-bond donors (Lipinski definition) is 2. The van der Waals surface area contributed by atoms with Gasteiger partial charge in [-0.3, -0.25) is 9.78 Å². The lowest BCUT2D eigenvalue weighted by Gasteiger charge is -2.34. The topological polar surface area (TPSA) is 88.6 Å². The summed E-state index contributed by atoms with van der Waals surface area (Å²) in [5.74, 6) is 2.75. The van der Waals surface area contributed by atoms with Crippen LogP contribution in [0, 0.1) is 5.41 Å². The number of piperidine rings is 1. The molecule has 0 spiro atoms. The molecular formula is C23H31N5O3. The molecule has 0 saturated carbocycles. The molecule has 0 radical (unpaired) electrons. The van der Waals surface area contributed by atoms with Crippen LogP contribution in [0.2, 0.25) is 0 Å². The molecule has 8 nitrogen and oxygen atoms in total. The molecule has 1 amide bonds. The second-order valence-electron chi connectivity index (χ2n) is 8.41. The van der Waals surface area contributed by atoms with Gasteiger partial charge in [0.1, 0.15) is 11.9 Å². The van der Waals surface area contributed by atoms with Crippen molar-refractivity contribution in [3.63, 3.8) is 0 Å². The van der Waals surface area contributed by atoms with Gasteiger partial charge in [-0.25, -0.2) is 4.98 Å². The SMILES string of the molecule is CCOc1ccccc1OC1CCCN(c2cncc(NC(=O)C3(C)CCNC3)n2)C1. The summed E-state index contributed by atoms with van der Waals surface area (Å²) in [4.78, 5) is 23.8. The first-order valence-electron chi connectivity index (χ1n) is 11.0. The van der Waals surface area contributed by atoms with E-state index in [9.17, 15) is 4.79 Å². The fourth-order valence-corrected chi connectivity index (χ4v) is 4.09. The molecule has 166 valence electrons. The third kappa shape index (κ3) is 5.07. The fraction of sp³-hybridized carbons (Fsp3) is 0.522. The number of para-hydroxylation sites is 2. The van der Waals surface area contributed by atoms with Crippen LogP contribution in [0.25, 0.3) is 0 Å². The molecule has 2 aromatic rings. The van der Waals surface area contributed by atoms with Crippen molar-refractivity contribution in [2.75, 3.05) is 43.0 Å². The molecule has 0 aliphatic carbocycles. The Morgan fingerprint density at radius 1 is 1.32 bits per heavy atom. The van der Waals surface area contributed by atoms with Crippen molar-refractivity contribution in [3.8, 4) is 11.5 Å². The zero-order valence-corrected chi connectivity index (χ0v) is 18.3. The zero-order valence-electron chi connectivity index (χ0n) is 18.3. The van der Waals surface area contributed by atoms with Crippen LogP contribution in [0.5, 0.6) is 11.5 Å². The highest BCUT2D eigenvalue weighted by atomic mass is 16.5. The van der Waals surface area contributed by atoms with Gasteiger partial charge in [-0.15, -0.1) is 0 Å². The number of benzene rings is 1. The average molecular weight is 426 g/mol. The van der Waals surface area contributed by atoms with Gasteiger partial charge in [0.05, 0.1) is 31.0 Å². The highest BCUT2D eigenvalue weighted by molar-refractivity contribution is 5.94. The summed E-state index contributed by atoms with van der Waals surface area (Å²) in [5.41, 5.74) is -0.407.